The van der Waals surface area contributed by atoms with Crippen molar-refractivity contribution in [2.45, 2.75) is 32.8 Å². The largest absolute Gasteiger partial charge is 0.443 e. The topological polar surface area (TPSA) is 38.7 Å². The standard InChI is InChI=1S/C16H19NO2/c1-13-7-9-14(10-8-13)11-17-16(18)19-12-15-5-3-2-4-6-15/h2-7,11,14H,8-10,12H2,1H3/b17-11+. The number of allylic oxidation sites excluding steroid dienone is 2. The first-order valence-corrected chi connectivity index (χ1v) is 6.64. The summed E-state index contributed by atoms with van der Waals surface area (Å²) in [7, 11) is 0. The summed E-state index contributed by atoms with van der Waals surface area (Å²) in [4.78, 5) is 15.4. The predicted molar refractivity (Wildman–Crippen MR) is 76.2 cm³/mol. The van der Waals surface area contributed by atoms with Crippen LogP contribution in [0, 0.1) is 5.92 Å². The second-order valence-corrected chi connectivity index (χ2v) is 4.90. The molecule has 1 aliphatic carbocycles. The Bertz CT molecular complexity index is 477. The van der Waals surface area contributed by atoms with Crippen molar-refractivity contribution >= 4 is 12.3 Å². The van der Waals surface area contributed by atoms with Gasteiger partial charge in [0, 0.05) is 6.21 Å². The minimum atomic E-state index is -0.505. The van der Waals surface area contributed by atoms with E-state index >= 15 is 0 Å². The monoisotopic (exact) mass is 257 g/mol. The maximum atomic E-state index is 11.5. The Labute approximate surface area is 114 Å². The number of benzene rings is 1. The Hall–Kier alpha value is -1.90. The van der Waals surface area contributed by atoms with E-state index in [-0.39, 0.29) is 6.61 Å². The number of rotatable bonds is 3. The maximum Gasteiger partial charge on any atom is 0.433 e. The van der Waals surface area contributed by atoms with Gasteiger partial charge in [0.15, 0.2) is 0 Å². The maximum absolute atomic E-state index is 11.5. The molecule has 0 aliphatic heterocycles. The first kappa shape index (κ1) is 13.5. The highest BCUT2D eigenvalue weighted by Crippen LogP contribution is 2.21. The van der Waals surface area contributed by atoms with Gasteiger partial charge >= 0.3 is 6.09 Å². The minimum absolute atomic E-state index is 0.278. The van der Waals surface area contributed by atoms with E-state index in [1.54, 1.807) is 6.21 Å². The van der Waals surface area contributed by atoms with Gasteiger partial charge in [0.2, 0.25) is 0 Å². The van der Waals surface area contributed by atoms with E-state index in [0.29, 0.717) is 5.92 Å². The van der Waals surface area contributed by atoms with Crippen LogP contribution in [0.15, 0.2) is 47.0 Å². The predicted octanol–water partition coefficient (Wildman–Crippen LogP) is 4.14. The summed E-state index contributed by atoms with van der Waals surface area (Å²) in [6, 6.07) is 9.62. The van der Waals surface area contributed by atoms with Crippen LogP contribution in [0.25, 0.3) is 0 Å². The lowest BCUT2D eigenvalue weighted by atomic mass is 9.91. The normalized spacial score (nSPS) is 19.2. The number of nitrogens with zero attached hydrogens (tertiary/aromatic N) is 1. The van der Waals surface area contributed by atoms with Crippen LogP contribution in [-0.4, -0.2) is 12.3 Å². The van der Waals surface area contributed by atoms with Gasteiger partial charge < -0.3 is 4.74 Å². The molecule has 1 aromatic rings. The van der Waals surface area contributed by atoms with Crippen molar-refractivity contribution in [2.24, 2.45) is 10.9 Å². The van der Waals surface area contributed by atoms with Crippen molar-refractivity contribution < 1.29 is 9.53 Å². The van der Waals surface area contributed by atoms with Crippen LogP contribution in [-0.2, 0) is 11.3 Å². The van der Waals surface area contributed by atoms with Gasteiger partial charge in [0.25, 0.3) is 0 Å². The molecular formula is C16H19NO2. The molecule has 0 heterocycles. The SMILES string of the molecule is CC1=CCC(/C=N/C(=O)OCc2ccccc2)CC1. The van der Waals surface area contributed by atoms with E-state index in [1.807, 2.05) is 30.3 Å². The van der Waals surface area contributed by atoms with Gasteiger partial charge in [-0.3, -0.25) is 0 Å². The molecule has 0 radical (unpaired) electrons. The van der Waals surface area contributed by atoms with Crippen LogP contribution in [0.4, 0.5) is 4.79 Å². The molecule has 0 spiro atoms. The molecule has 1 aromatic carbocycles. The van der Waals surface area contributed by atoms with E-state index in [4.69, 9.17) is 4.74 Å². The number of carbonyl (C=O) groups excluding carboxylic acids is 1. The number of hydrogen-bond donors (Lipinski definition) is 0. The van der Waals surface area contributed by atoms with Crippen LogP contribution in [0.3, 0.4) is 0 Å². The molecule has 0 aromatic heterocycles. The molecule has 2 rings (SSSR count). The fourth-order valence-electron chi connectivity index (χ4n) is 2.04. The molecule has 0 N–H and O–H groups in total. The molecule has 0 fully saturated rings. The Morgan fingerprint density at radius 3 is 2.89 bits per heavy atom. The third-order valence-corrected chi connectivity index (χ3v) is 3.27. The van der Waals surface area contributed by atoms with Gasteiger partial charge in [-0.15, -0.1) is 0 Å². The number of amides is 1. The highest BCUT2D eigenvalue weighted by molar-refractivity contribution is 5.80. The van der Waals surface area contributed by atoms with Crippen molar-refractivity contribution in [1.29, 1.82) is 0 Å². The average molecular weight is 257 g/mol. The quantitative estimate of drug-likeness (QED) is 0.603. The molecular weight excluding hydrogens is 238 g/mol. The van der Waals surface area contributed by atoms with Crippen LogP contribution in [0.2, 0.25) is 0 Å². The Balaban J connectivity index is 1.75. The highest BCUT2D eigenvalue weighted by atomic mass is 16.5. The lowest BCUT2D eigenvalue weighted by Gasteiger charge is -2.15. The molecule has 0 saturated heterocycles. The summed E-state index contributed by atoms with van der Waals surface area (Å²) < 4.78 is 5.09. The zero-order valence-corrected chi connectivity index (χ0v) is 11.2. The summed E-state index contributed by atoms with van der Waals surface area (Å²) in [6.07, 6.45) is 6.58. The molecule has 0 saturated carbocycles. The van der Waals surface area contributed by atoms with E-state index in [1.165, 1.54) is 5.57 Å². The molecule has 1 unspecified atom stereocenters. The number of ether oxygens (including phenoxy) is 1. The molecule has 1 amide bonds. The second-order valence-electron chi connectivity index (χ2n) is 4.90. The van der Waals surface area contributed by atoms with Gasteiger partial charge in [0.1, 0.15) is 6.61 Å². The van der Waals surface area contributed by atoms with Gasteiger partial charge in [-0.25, -0.2) is 4.79 Å². The van der Waals surface area contributed by atoms with Crippen molar-refractivity contribution in [2.75, 3.05) is 0 Å². The van der Waals surface area contributed by atoms with Gasteiger partial charge in [-0.2, -0.15) is 4.99 Å². The fraction of sp³-hybridized carbons (Fsp3) is 0.375. The van der Waals surface area contributed by atoms with Crippen molar-refractivity contribution in [3.8, 4) is 0 Å². The first-order chi connectivity index (χ1) is 9.24. The summed E-state index contributed by atoms with van der Waals surface area (Å²) in [5.74, 6) is 0.368. The Morgan fingerprint density at radius 1 is 1.42 bits per heavy atom. The number of aliphatic imine (C=N–C) groups is 1. The molecule has 1 aliphatic rings. The molecule has 3 heteroatoms. The summed E-state index contributed by atoms with van der Waals surface area (Å²) in [5.41, 5.74) is 2.40. The third-order valence-electron chi connectivity index (χ3n) is 3.27. The number of hydrogen-bond acceptors (Lipinski definition) is 2. The number of carbonyl (C=O) groups is 1. The van der Waals surface area contributed by atoms with Crippen LogP contribution in [0.5, 0.6) is 0 Å². The average Bonchev–Trinajstić information content (AvgIpc) is 2.45. The molecule has 0 bridgehead atoms. The van der Waals surface area contributed by atoms with Crippen LogP contribution < -0.4 is 0 Å². The molecule has 19 heavy (non-hydrogen) atoms. The molecule has 3 nitrogen and oxygen atoms in total. The summed E-state index contributed by atoms with van der Waals surface area (Å²) in [6.45, 7) is 2.42. The molecule has 100 valence electrons. The highest BCUT2D eigenvalue weighted by Gasteiger charge is 2.10. The second kappa shape index (κ2) is 6.88. The minimum Gasteiger partial charge on any atom is -0.443 e. The van der Waals surface area contributed by atoms with Crippen molar-refractivity contribution in [3.05, 3.63) is 47.5 Å². The summed E-state index contributed by atoms with van der Waals surface area (Å²) in [5, 5.41) is 0. The first-order valence-electron chi connectivity index (χ1n) is 6.64. The lowest BCUT2D eigenvalue weighted by molar-refractivity contribution is 0.151. The van der Waals surface area contributed by atoms with Crippen LogP contribution >= 0.6 is 0 Å². The van der Waals surface area contributed by atoms with E-state index < -0.39 is 6.09 Å². The Morgan fingerprint density at radius 2 is 2.21 bits per heavy atom. The van der Waals surface area contributed by atoms with Gasteiger partial charge in [-0.05, 0) is 37.7 Å². The van der Waals surface area contributed by atoms with Gasteiger partial charge in [-0.1, -0.05) is 42.0 Å². The van der Waals surface area contributed by atoms with Crippen LogP contribution in [0.1, 0.15) is 31.7 Å². The lowest BCUT2D eigenvalue weighted by Crippen LogP contribution is -2.08. The zero-order valence-electron chi connectivity index (χ0n) is 11.2. The van der Waals surface area contributed by atoms with Gasteiger partial charge in [0.05, 0.1) is 0 Å². The van der Waals surface area contributed by atoms with E-state index in [9.17, 15) is 4.79 Å². The smallest absolute Gasteiger partial charge is 0.433 e. The molecule has 1 atom stereocenters. The van der Waals surface area contributed by atoms with Crippen molar-refractivity contribution in [3.63, 3.8) is 0 Å². The fourth-order valence-corrected chi connectivity index (χ4v) is 2.04. The van der Waals surface area contributed by atoms with E-state index in [0.717, 1.165) is 24.8 Å². The third kappa shape index (κ3) is 4.70. The van der Waals surface area contributed by atoms with E-state index in [2.05, 4.69) is 18.0 Å². The zero-order chi connectivity index (χ0) is 13.5. The summed E-state index contributed by atoms with van der Waals surface area (Å²) >= 11 is 0. The van der Waals surface area contributed by atoms with Crippen molar-refractivity contribution in [1.82, 2.24) is 0 Å². The Kier molecular flexibility index (Phi) is 4.90.